The van der Waals surface area contributed by atoms with Crippen LogP contribution in [0, 0.1) is 0 Å². The van der Waals surface area contributed by atoms with Crippen LogP contribution in [0.25, 0.3) is 0 Å². The first-order chi connectivity index (χ1) is 15.9. The zero-order valence-electron chi connectivity index (χ0n) is 22.2. The van der Waals surface area contributed by atoms with Gasteiger partial charge in [0.05, 0.1) is 6.61 Å². The van der Waals surface area contributed by atoms with Crippen LogP contribution in [0.3, 0.4) is 0 Å². The average molecular weight is 473 g/mol. The number of hydrogen-bond acceptors (Lipinski definition) is 6. The van der Waals surface area contributed by atoms with Gasteiger partial charge in [-0.2, -0.15) is 0 Å². The number of unbranched alkanes of at least 4 members (excludes halogenated alkanes) is 5. The number of hydrogen-bond donors (Lipinski definition) is 1. The Kier molecular flexibility index (Phi) is 21.5. The SMILES string of the molecule is CCCCOCCOC(=O)CCCCCCCNC(=O)N(CCCN(C)C)CCCN(C)C. The fourth-order valence-electron chi connectivity index (χ4n) is 3.34. The molecule has 1 N–H and O–H groups in total. The van der Waals surface area contributed by atoms with Gasteiger partial charge in [0.25, 0.3) is 0 Å². The number of nitrogens with zero attached hydrogens (tertiary/aromatic N) is 3. The third-order valence-corrected chi connectivity index (χ3v) is 5.32. The largest absolute Gasteiger partial charge is 0.463 e. The van der Waals surface area contributed by atoms with Gasteiger partial charge in [0.2, 0.25) is 0 Å². The lowest BCUT2D eigenvalue weighted by molar-refractivity contribution is -0.145. The molecule has 0 aliphatic rings. The molecule has 0 radical (unpaired) electrons. The van der Waals surface area contributed by atoms with Crippen LogP contribution in [-0.4, -0.2) is 107 Å². The second-order valence-electron chi connectivity index (χ2n) is 9.24. The van der Waals surface area contributed by atoms with E-state index in [2.05, 4.69) is 50.2 Å². The third-order valence-electron chi connectivity index (χ3n) is 5.32. The Morgan fingerprint density at radius 3 is 1.91 bits per heavy atom. The van der Waals surface area contributed by atoms with Crippen molar-refractivity contribution in [2.24, 2.45) is 0 Å². The second kappa shape index (κ2) is 22.4. The molecule has 33 heavy (non-hydrogen) atoms. The summed E-state index contributed by atoms with van der Waals surface area (Å²) in [6.07, 6.45) is 9.55. The molecule has 0 aromatic rings. The Hall–Kier alpha value is -1.38. The van der Waals surface area contributed by atoms with E-state index in [1.54, 1.807) is 0 Å². The first-order valence-electron chi connectivity index (χ1n) is 12.9. The van der Waals surface area contributed by atoms with Crippen molar-refractivity contribution in [3.8, 4) is 0 Å². The van der Waals surface area contributed by atoms with Gasteiger partial charge in [-0.1, -0.05) is 32.6 Å². The standard InChI is InChI=1S/C25H52N4O4/c1-6-7-21-32-22-23-33-24(30)15-11-9-8-10-12-16-26-25(31)29(19-13-17-27(2)3)20-14-18-28(4)5/h6-23H2,1-5H3,(H,26,31). The van der Waals surface area contributed by atoms with Crippen LogP contribution in [0.5, 0.6) is 0 Å². The lowest BCUT2D eigenvalue weighted by atomic mass is 10.1. The summed E-state index contributed by atoms with van der Waals surface area (Å²) in [5, 5.41) is 3.08. The van der Waals surface area contributed by atoms with E-state index >= 15 is 0 Å². The summed E-state index contributed by atoms with van der Waals surface area (Å²) in [5.74, 6) is -0.134. The summed E-state index contributed by atoms with van der Waals surface area (Å²) in [4.78, 5) is 30.5. The number of esters is 1. The highest BCUT2D eigenvalue weighted by atomic mass is 16.6. The number of ether oxygens (including phenoxy) is 2. The zero-order chi connectivity index (χ0) is 24.7. The highest BCUT2D eigenvalue weighted by Gasteiger charge is 2.12. The summed E-state index contributed by atoms with van der Waals surface area (Å²) in [6.45, 7) is 7.95. The van der Waals surface area contributed by atoms with Crippen LogP contribution in [-0.2, 0) is 14.3 Å². The number of carbonyl (C=O) groups excluding carboxylic acids is 2. The molecular weight excluding hydrogens is 420 g/mol. The lowest BCUT2D eigenvalue weighted by Gasteiger charge is -2.24. The van der Waals surface area contributed by atoms with Crippen molar-refractivity contribution in [2.45, 2.75) is 71.1 Å². The van der Waals surface area contributed by atoms with Gasteiger partial charge >= 0.3 is 12.0 Å². The Bertz CT molecular complexity index is 461. The molecular formula is C25H52N4O4. The van der Waals surface area contributed by atoms with Gasteiger partial charge in [0, 0.05) is 32.7 Å². The van der Waals surface area contributed by atoms with Crippen molar-refractivity contribution in [3.05, 3.63) is 0 Å². The first kappa shape index (κ1) is 31.6. The highest BCUT2D eigenvalue weighted by molar-refractivity contribution is 5.74. The maximum Gasteiger partial charge on any atom is 0.317 e. The van der Waals surface area contributed by atoms with Crippen LogP contribution in [0.2, 0.25) is 0 Å². The van der Waals surface area contributed by atoms with E-state index < -0.39 is 0 Å². The minimum Gasteiger partial charge on any atom is -0.463 e. The third kappa shape index (κ3) is 22.2. The Labute approximate surface area is 203 Å². The predicted molar refractivity (Wildman–Crippen MR) is 136 cm³/mol. The van der Waals surface area contributed by atoms with Crippen LogP contribution >= 0.6 is 0 Å². The van der Waals surface area contributed by atoms with Gasteiger partial charge in [-0.05, 0) is 73.4 Å². The highest BCUT2D eigenvalue weighted by Crippen LogP contribution is 2.06. The molecule has 2 amide bonds. The molecule has 0 fully saturated rings. The molecule has 0 bridgehead atoms. The Morgan fingerprint density at radius 2 is 1.30 bits per heavy atom. The molecule has 196 valence electrons. The van der Waals surface area contributed by atoms with E-state index in [0.29, 0.717) is 26.2 Å². The lowest BCUT2D eigenvalue weighted by Crippen LogP contribution is -2.42. The molecule has 0 aromatic heterocycles. The molecule has 8 nitrogen and oxygen atoms in total. The summed E-state index contributed by atoms with van der Waals surface area (Å²) >= 11 is 0. The van der Waals surface area contributed by atoms with Gasteiger partial charge in [0.15, 0.2) is 0 Å². The van der Waals surface area contributed by atoms with Crippen molar-refractivity contribution in [2.75, 3.05) is 80.7 Å². The van der Waals surface area contributed by atoms with Crippen molar-refractivity contribution < 1.29 is 19.1 Å². The summed E-state index contributed by atoms with van der Waals surface area (Å²) in [7, 11) is 8.24. The van der Waals surface area contributed by atoms with Gasteiger partial charge in [-0.3, -0.25) is 4.79 Å². The minimum absolute atomic E-state index is 0.0499. The molecule has 0 aliphatic carbocycles. The first-order valence-corrected chi connectivity index (χ1v) is 12.9. The fourth-order valence-corrected chi connectivity index (χ4v) is 3.34. The van der Waals surface area contributed by atoms with Gasteiger partial charge in [-0.15, -0.1) is 0 Å². The molecule has 0 rings (SSSR count). The molecule has 0 unspecified atom stereocenters. The molecule has 0 spiro atoms. The Balaban J connectivity index is 3.80. The van der Waals surface area contributed by atoms with Gasteiger partial charge in [-0.25, -0.2) is 4.79 Å². The number of urea groups is 1. The second-order valence-corrected chi connectivity index (χ2v) is 9.24. The van der Waals surface area contributed by atoms with Crippen molar-refractivity contribution in [1.29, 1.82) is 0 Å². The number of carbonyl (C=O) groups is 2. The molecule has 0 aromatic carbocycles. The molecule has 0 saturated heterocycles. The van der Waals surface area contributed by atoms with E-state index in [1.807, 2.05) is 4.90 Å². The minimum atomic E-state index is -0.134. The molecule has 0 atom stereocenters. The van der Waals surface area contributed by atoms with E-state index in [4.69, 9.17) is 9.47 Å². The average Bonchev–Trinajstić information content (AvgIpc) is 2.76. The van der Waals surface area contributed by atoms with Crippen molar-refractivity contribution in [3.63, 3.8) is 0 Å². The van der Waals surface area contributed by atoms with Crippen LogP contribution in [0.1, 0.15) is 71.1 Å². The van der Waals surface area contributed by atoms with E-state index in [9.17, 15) is 9.59 Å². The van der Waals surface area contributed by atoms with Gasteiger partial charge in [0.1, 0.15) is 6.61 Å². The monoisotopic (exact) mass is 472 g/mol. The summed E-state index contributed by atoms with van der Waals surface area (Å²) in [6, 6.07) is 0.0499. The Morgan fingerprint density at radius 1 is 0.697 bits per heavy atom. The van der Waals surface area contributed by atoms with Crippen LogP contribution < -0.4 is 5.32 Å². The number of rotatable bonds is 22. The fraction of sp³-hybridized carbons (Fsp3) is 0.920. The maximum absolute atomic E-state index is 12.6. The van der Waals surface area contributed by atoms with E-state index in [0.717, 1.165) is 90.6 Å². The quantitative estimate of drug-likeness (QED) is 0.192. The van der Waals surface area contributed by atoms with Crippen molar-refractivity contribution >= 4 is 12.0 Å². The van der Waals surface area contributed by atoms with E-state index in [-0.39, 0.29) is 12.0 Å². The summed E-state index contributed by atoms with van der Waals surface area (Å²) < 4.78 is 10.6. The topological polar surface area (TPSA) is 74.3 Å². The van der Waals surface area contributed by atoms with Crippen LogP contribution in [0.4, 0.5) is 4.79 Å². The smallest absolute Gasteiger partial charge is 0.317 e. The maximum atomic E-state index is 12.6. The predicted octanol–water partition coefficient (Wildman–Crippen LogP) is 3.60. The van der Waals surface area contributed by atoms with E-state index in [1.165, 1.54) is 0 Å². The molecule has 8 heteroatoms. The molecule has 0 heterocycles. The van der Waals surface area contributed by atoms with Crippen molar-refractivity contribution in [1.82, 2.24) is 20.0 Å². The van der Waals surface area contributed by atoms with Gasteiger partial charge < -0.3 is 29.5 Å². The number of amides is 2. The number of nitrogens with one attached hydrogen (secondary N) is 1. The molecule has 0 aliphatic heterocycles. The van der Waals surface area contributed by atoms with Crippen LogP contribution in [0.15, 0.2) is 0 Å². The normalized spacial score (nSPS) is 11.2. The summed E-state index contributed by atoms with van der Waals surface area (Å²) in [5.41, 5.74) is 0. The zero-order valence-corrected chi connectivity index (χ0v) is 22.2. The molecule has 0 saturated carbocycles.